The molecule has 1 unspecified atom stereocenters. The Hall–Kier alpha value is -1.54. The van der Waals surface area contributed by atoms with Crippen LogP contribution in [0.1, 0.15) is 56.3 Å². The van der Waals surface area contributed by atoms with Crippen LogP contribution in [-0.2, 0) is 4.79 Å². The molecular weight excluding hydrogens is 384 g/mol. The Morgan fingerprint density at radius 3 is 2.70 bits per heavy atom. The van der Waals surface area contributed by atoms with Crippen LogP contribution in [0.4, 0.5) is 0 Å². The molecule has 2 amide bonds. The number of nitrogens with one attached hydrogen (secondary N) is 2. The normalized spacial score (nSPS) is 16.2. The van der Waals surface area contributed by atoms with Gasteiger partial charge < -0.3 is 9.47 Å². The van der Waals surface area contributed by atoms with E-state index in [9.17, 15) is 9.59 Å². The summed E-state index contributed by atoms with van der Waals surface area (Å²) in [6.07, 6.45) is 4.70. The third-order valence-corrected chi connectivity index (χ3v) is 7.02. The van der Waals surface area contributed by atoms with Crippen LogP contribution >= 0.6 is 21.6 Å². The number of unbranched alkanes of at least 4 members (excludes halogenated alkanes) is 1. The number of hydrogen-bond acceptors (Lipinski definition) is 6. The molecule has 6 nitrogen and oxygen atoms in total. The van der Waals surface area contributed by atoms with Crippen molar-refractivity contribution in [3.8, 4) is 11.5 Å². The van der Waals surface area contributed by atoms with E-state index in [4.69, 9.17) is 9.47 Å². The molecule has 1 fully saturated rings. The maximum Gasteiger partial charge on any atom is 0.269 e. The minimum atomic E-state index is -0.392. The molecule has 0 radical (unpaired) electrons. The van der Waals surface area contributed by atoms with Crippen molar-refractivity contribution in [1.82, 2.24) is 10.9 Å². The number of hydrogen-bond donors (Lipinski definition) is 2. The van der Waals surface area contributed by atoms with Crippen molar-refractivity contribution in [1.29, 1.82) is 0 Å². The standard InChI is InChI=1S/C19H28N2O4S2/c1-13(2)25-16-9-8-14(12-17(16)24-3)19(23)21-20-18(22)7-5-4-6-15-10-11-26-27-15/h8-9,12-13,15H,4-7,10-11H2,1-3H3,(H,20,22)(H,21,23). The number of methoxy groups -OCH3 is 1. The average Bonchev–Trinajstić information content (AvgIpc) is 3.16. The molecule has 2 rings (SSSR count). The summed E-state index contributed by atoms with van der Waals surface area (Å²) in [7, 11) is 5.42. The monoisotopic (exact) mass is 412 g/mol. The Labute approximate surface area is 168 Å². The fourth-order valence-electron chi connectivity index (χ4n) is 2.64. The molecule has 27 heavy (non-hydrogen) atoms. The molecule has 1 aliphatic rings. The zero-order valence-corrected chi connectivity index (χ0v) is 17.7. The predicted molar refractivity (Wildman–Crippen MR) is 111 cm³/mol. The first kappa shape index (κ1) is 21.8. The van der Waals surface area contributed by atoms with Crippen LogP contribution in [0.2, 0.25) is 0 Å². The van der Waals surface area contributed by atoms with Crippen LogP contribution in [0.25, 0.3) is 0 Å². The lowest BCUT2D eigenvalue weighted by molar-refractivity contribution is -0.122. The van der Waals surface area contributed by atoms with Crippen LogP contribution in [0, 0.1) is 0 Å². The summed E-state index contributed by atoms with van der Waals surface area (Å²) in [5.41, 5.74) is 5.31. The molecule has 1 aromatic rings. The number of hydrazine groups is 1. The highest BCUT2D eigenvalue weighted by Gasteiger charge is 2.16. The van der Waals surface area contributed by atoms with Crippen molar-refractivity contribution < 1.29 is 19.1 Å². The molecule has 0 aromatic heterocycles. The first-order valence-corrected chi connectivity index (χ1v) is 11.6. The first-order valence-electron chi connectivity index (χ1n) is 9.21. The van der Waals surface area contributed by atoms with Crippen LogP contribution in [0.5, 0.6) is 11.5 Å². The molecule has 0 saturated carbocycles. The van der Waals surface area contributed by atoms with Gasteiger partial charge in [0.1, 0.15) is 0 Å². The maximum atomic E-state index is 12.2. The van der Waals surface area contributed by atoms with E-state index in [1.54, 1.807) is 18.2 Å². The molecule has 0 aliphatic carbocycles. The van der Waals surface area contributed by atoms with Gasteiger partial charge in [0, 0.05) is 23.0 Å². The third-order valence-electron chi connectivity index (χ3n) is 4.01. The molecule has 1 saturated heterocycles. The number of amides is 2. The Morgan fingerprint density at radius 2 is 2.04 bits per heavy atom. The van der Waals surface area contributed by atoms with Gasteiger partial charge in [0.25, 0.3) is 5.91 Å². The van der Waals surface area contributed by atoms with Crippen molar-refractivity contribution in [2.75, 3.05) is 12.9 Å². The maximum absolute atomic E-state index is 12.2. The SMILES string of the molecule is COc1cc(C(=O)NNC(=O)CCCCC2CCSS2)ccc1OC(C)C. The summed E-state index contributed by atoms with van der Waals surface area (Å²) >= 11 is 0. The second-order valence-corrected chi connectivity index (χ2v) is 9.40. The molecule has 0 bridgehead atoms. The highest BCUT2D eigenvalue weighted by Crippen LogP contribution is 2.39. The Bertz CT molecular complexity index is 634. The number of carbonyl (C=O) groups is 2. The average molecular weight is 413 g/mol. The predicted octanol–water partition coefficient (Wildman–Crippen LogP) is 3.96. The summed E-state index contributed by atoms with van der Waals surface area (Å²) in [5, 5.41) is 0.732. The van der Waals surface area contributed by atoms with Gasteiger partial charge in [-0.15, -0.1) is 0 Å². The van der Waals surface area contributed by atoms with E-state index in [0.717, 1.165) is 24.5 Å². The van der Waals surface area contributed by atoms with Crippen LogP contribution in [0.15, 0.2) is 18.2 Å². The second-order valence-electron chi connectivity index (χ2n) is 6.61. The molecule has 1 atom stereocenters. The summed E-state index contributed by atoms with van der Waals surface area (Å²) in [5.74, 6) is 1.72. The molecule has 1 aliphatic heterocycles. The van der Waals surface area contributed by atoms with Gasteiger partial charge in [-0.1, -0.05) is 28.0 Å². The Kier molecular flexibility index (Phi) is 9.14. The Balaban J connectivity index is 1.73. The molecule has 8 heteroatoms. The molecule has 0 spiro atoms. The zero-order valence-electron chi connectivity index (χ0n) is 16.1. The molecule has 150 valence electrons. The van der Waals surface area contributed by atoms with Crippen molar-refractivity contribution in [2.24, 2.45) is 0 Å². The summed E-state index contributed by atoms with van der Waals surface area (Å²) < 4.78 is 10.9. The van der Waals surface area contributed by atoms with Gasteiger partial charge in [0.2, 0.25) is 5.91 Å². The van der Waals surface area contributed by atoms with E-state index in [0.29, 0.717) is 23.5 Å². The van der Waals surface area contributed by atoms with Gasteiger partial charge in [-0.05, 0) is 51.3 Å². The minimum Gasteiger partial charge on any atom is -0.493 e. The van der Waals surface area contributed by atoms with Gasteiger partial charge in [0.15, 0.2) is 11.5 Å². The molecule has 1 heterocycles. The van der Waals surface area contributed by atoms with Crippen molar-refractivity contribution in [2.45, 2.75) is 57.3 Å². The van der Waals surface area contributed by atoms with E-state index >= 15 is 0 Å². The fourth-order valence-corrected chi connectivity index (χ4v) is 5.67. The van der Waals surface area contributed by atoms with E-state index in [1.807, 2.05) is 35.4 Å². The fraction of sp³-hybridized carbons (Fsp3) is 0.579. The highest BCUT2D eigenvalue weighted by atomic mass is 33.1. The number of rotatable bonds is 9. The Morgan fingerprint density at radius 1 is 1.22 bits per heavy atom. The smallest absolute Gasteiger partial charge is 0.269 e. The first-order chi connectivity index (χ1) is 13.0. The van der Waals surface area contributed by atoms with E-state index in [2.05, 4.69) is 10.9 Å². The molecular formula is C19H28N2O4S2. The van der Waals surface area contributed by atoms with Gasteiger partial charge in [-0.2, -0.15) is 0 Å². The third kappa shape index (κ3) is 7.54. The second kappa shape index (κ2) is 11.3. The molecule has 2 N–H and O–H groups in total. The topological polar surface area (TPSA) is 76.7 Å². The van der Waals surface area contributed by atoms with Gasteiger partial charge >= 0.3 is 0 Å². The van der Waals surface area contributed by atoms with Gasteiger partial charge in [-0.3, -0.25) is 20.4 Å². The lowest BCUT2D eigenvalue weighted by Gasteiger charge is -2.14. The van der Waals surface area contributed by atoms with Crippen molar-refractivity contribution in [3.63, 3.8) is 0 Å². The van der Waals surface area contributed by atoms with E-state index in [-0.39, 0.29) is 12.0 Å². The highest BCUT2D eigenvalue weighted by molar-refractivity contribution is 8.77. The largest absolute Gasteiger partial charge is 0.493 e. The number of carbonyl (C=O) groups excluding carboxylic acids is 2. The van der Waals surface area contributed by atoms with Crippen LogP contribution < -0.4 is 20.3 Å². The summed E-state index contributed by atoms with van der Waals surface area (Å²) in [6, 6.07) is 4.92. The van der Waals surface area contributed by atoms with Crippen molar-refractivity contribution >= 4 is 33.4 Å². The molecule has 1 aromatic carbocycles. The quantitative estimate of drug-likeness (QED) is 0.363. The van der Waals surface area contributed by atoms with Gasteiger partial charge in [-0.25, -0.2) is 0 Å². The van der Waals surface area contributed by atoms with Crippen LogP contribution in [0.3, 0.4) is 0 Å². The van der Waals surface area contributed by atoms with E-state index in [1.165, 1.54) is 19.3 Å². The lowest BCUT2D eigenvalue weighted by atomic mass is 10.1. The zero-order chi connectivity index (χ0) is 19.6. The van der Waals surface area contributed by atoms with Crippen LogP contribution in [-0.4, -0.2) is 36.0 Å². The number of ether oxygens (including phenoxy) is 2. The number of benzene rings is 1. The van der Waals surface area contributed by atoms with Gasteiger partial charge in [0.05, 0.1) is 13.2 Å². The minimum absolute atomic E-state index is 0.00359. The van der Waals surface area contributed by atoms with E-state index < -0.39 is 5.91 Å². The summed E-state index contributed by atoms with van der Waals surface area (Å²) in [6.45, 7) is 3.84. The summed E-state index contributed by atoms with van der Waals surface area (Å²) in [4.78, 5) is 24.1. The lowest BCUT2D eigenvalue weighted by Crippen LogP contribution is -2.41. The van der Waals surface area contributed by atoms with Crippen molar-refractivity contribution in [3.05, 3.63) is 23.8 Å².